The number of hydrogen-bond donors (Lipinski definition) is 1. The monoisotopic (exact) mass is 494 g/mol. The van der Waals surface area contributed by atoms with E-state index in [0.29, 0.717) is 21.7 Å². The molecule has 29 heavy (non-hydrogen) atoms. The van der Waals surface area contributed by atoms with Gasteiger partial charge in [-0.3, -0.25) is 4.79 Å². The molecular formula is C20H20BrClN4O2S. The minimum Gasteiger partial charge on any atom is -0.483 e. The van der Waals surface area contributed by atoms with Gasteiger partial charge in [0.2, 0.25) is 5.91 Å². The molecule has 0 saturated carbocycles. The number of carbonyl (C=O) groups excluding carboxylic acids is 1. The van der Waals surface area contributed by atoms with E-state index in [0.717, 1.165) is 10.2 Å². The second kappa shape index (κ2) is 9.65. The van der Waals surface area contributed by atoms with Crippen LogP contribution >= 0.6 is 39.3 Å². The molecule has 3 rings (SSSR count). The van der Waals surface area contributed by atoms with E-state index in [1.54, 1.807) is 12.1 Å². The normalized spacial score (nSPS) is 11.9. The summed E-state index contributed by atoms with van der Waals surface area (Å²) in [5, 5.41) is 12.3. The van der Waals surface area contributed by atoms with Crippen molar-refractivity contribution in [1.29, 1.82) is 0 Å². The second-order valence-electron chi connectivity index (χ2n) is 6.43. The Bertz CT molecular complexity index is 1010. The molecule has 6 nitrogen and oxygen atoms in total. The highest BCUT2D eigenvalue weighted by molar-refractivity contribution is 9.10. The summed E-state index contributed by atoms with van der Waals surface area (Å²) in [7, 11) is 1.86. The largest absolute Gasteiger partial charge is 0.483 e. The van der Waals surface area contributed by atoms with Crippen LogP contribution in [-0.4, -0.2) is 26.4 Å². The molecular weight excluding hydrogens is 476 g/mol. The lowest BCUT2D eigenvalue weighted by Crippen LogP contribution is -2.15. The van der Waals surface area contributed by atoms with Crippen molar-refractivity contribution in [3.05, 3.63) is 63.3 Å². The maximum absolute atomic E-state index is 12.3. The number of nitrogens with zero attached hydrogens (tertiary/aromatic N) is 3. The maximum Gasteiger partial charge on any atom is 0.234 e. The minimum absolute atomic E-state index is 0.173. The number of ether oxygens (including phenoxy) is 1. The molecule has 0 spiro atoms. The molecule has 1 N–H and O–H groups in total. The average Bonchev–Trinajstić information content (AvgIpc) is 3.05. The van der Waals surface area contributed by atoms with Gasteiger partial charge in [-0.1, -0.05) is 57.0 Å². The number of hydrogen-bond acceptors (Lipinski definition) is 5. The molecule has 2 aromatic carbocycles. The average molecular weight is 496 g/mol. The van der Waals surface area contributed by atoms with Gasteiger partial charge in [0.1, 0.15) is 5.75 Å². The van der Waals surface area contributed by atoms with Crippen LogP contribution in [0.3, 0.4) is 0 Å². The van der Waals surface area contributed by atoms with Gasteiger partial charge in [0.25, 0.3) is 0 Å². The van der Waals surface area contributed by atoms with Crippen molar-refractivity contribution in [2.45, 2.75) is 25.1 Å². The molecule has 0 radical (unpaired) electrons. The third-order valence-electron chi connectivity index (χ3n) is 4.10. The molecule has 0 aliphatic carbocycles. The SMILES string of the molecule is Cc1ccc(OC(C)c2nnc(SCC(=O)Nc3ccc(Br)cc3Cl)n2C)cc1. The van der Waals surface area contributed by atoms with Crippen LogP contribution < -0.4 is 10.1 Å². The Kier molecular flexibility index (Phi) is 7.21. The highest BCUT2D eigenvalue weighted by Crippen LogP contribution is 2.27. The minimum atomic E-state index is -0.278. The number of amides is 1. The van der Waals surface area contributed by atoms with Gasteiger partial charge in [-0.15, -0.1) is 10.2 Å². The summed E-state index contributed by atoms with van der Waals surface area (Å²) in [5.41, 5.74) is 1.74. The predicted octanol–water partition coefficient (Wildman–Crippen LogP) is 5.41. The van der Waals surface area contributed by atoms with E-state index in [1.807, 2.05) is 55.8 Å². The van der Waals surface area contributed by atoms with E-state index < -0.39 is 0 Å². The van der Waals surface area contributed by atoms with Crippen LogP contribution in [0, 0.1) is 6.92 Å². The predicted molar refractivity (Wildman–Crippen MR) is 120 cm³/mol. The zero-order valence-electron chi connectivity index (χ0n) is 16.1. The highest BCUT2D eigenvalue weighted by Gasteiger charge is 2.18. The van der Waals surface area contributed by atoms with Crippen LogP contribution in [0.25, 0.3) is 0 Å². The number of anilines is 1. The Morgan fingerprint density at radius 1 is 1.28 bits per heavy atom. The number of rotatable bonds is 7. The van der Waals surface area contributed by atoms with Crippen LogP contribution in [-0.2, 0) is 11.8 Å². The number of aromatic nitrogens is 3. The van der Waals surface area contributed by atoms with E-state index in [4.69, 9.17) is 16.3 Å². The van der Waals surface area contributed by atoms with Gasteiger partial charge < -0.3 is 14.6 Å². The van der Waals surface area contributed by atoms with Gasteiger partial charge in [-0.2, -0.15) is 0 Å². The maximum atomic E-state index is 12.3. The first-order valence-electron chi connectivity index (χ1n) is 8.84. The van der Waals surface area contributed by atoms with Crippen molar-refractivity contribution in [1.82, 2.24) is 14.8 Å². The van der Waals surface area contributed by atoms with E-state index in [1.165, 1.54) is 17.3 Å². The number of aryl methyl sites for hydroxylation is 1. The fourth-order valence-electron chi connectivity index (χ4n) is 2.59. The van der Waals surface area contributed by atoms with Crippen LogP contribution in [0.4, 0.5) is 5.69 Å². The molecule has 1 amide bonds. The first-order chi connectivity index (χ1) is 13.8. The molecule has 0 aliphatic heterocycles. The highest BCUT2D eigenvalue weighted by atomic mass is 79.9. The summed E-state index contributed by atoms with van der Waals surface area (Å²) in [5.74, 6) is 1.47. The number of nitrogens with one attached hydrogen (secondary N) is 1. The summed E-state index contributed by atoms with van der Waals surface area (Å²) >= 11 is 10.8. The molecule has 1 heterocycles. The summed E-state index contributed by atoms with van der Waals surface area (Å²) in [6.07, 6.45) is -0.278. The summed E-state index contributed by atoms with van der Waals surface area (Å²) in [6, 6.07) is 13.1. The number of halogens is 2. The van der Waals surface area contributed by atoms with E-state index >= 15 is 0 Å². The first-order valence-corrected chi connectivity index (χ1v) is 11.0. The zero-order chi connectivity index (χ0) is 21.0. The molecule has 152 valence electrons. The Balaban J connectivity index is 1.58. The van der Waals surface area contributed by atoms with Crippen molar-refractivity contribution in [3.63, 3.8) is 0 Å². The van der Waals surface area contributed by atoms with Crippen LogP contribution in [0.5, 0.6) is 5.75 Å². The van der Waals surface area contributed by atoms with Gasteiger partial charge >= 0.3 is 0 Å². The summed E-state index contributed by atoms with van der Waals surface area (Å²) in [6.45, 7) is 3.95. The van der Waals surface area contributed by atoms with Crippen molar-refractivity contribution in [2.75, 3.05) is 11.1 Å². The Morgan fingerprint density at radius 3 is 2.69 bits per heavy atom. The van der Waals surface area contributed by atoms with Crippen LogP contribution in [0.1, 0.15) is 24.4 Å². The molecule has 9 heteroatoms. The van der Waals surface area contributed by atoms with Gasteiger partial charge in [0.15, 0.2) is 17.1 Å². The molecule has 0 fully saturated rings. The number of thioether (sulfide) groups is 1. The first kappa shape index (κ1) is 21.7. The van der Waals surface area contributed by atoms with Gasteiger partial charge in [-0.25, -0.2) is 0 Å². The fraction of sp³-hybridized carbons (Fsp3) is 0.250. The Hall–Kier alpha value is -2.03. The van der Waals surface area contributed by atoms with Crippen molar-refractivity contribution >= 4 is 50.9 Å². The lowest BCUT2D eigenvalue weighted by atomic mass is 10.2. The molecule has 0 saturated heterocycles. The molecule has 0 bridgehead atoms. The fourth-order valence-corrected chi connectivity index (χ4v) is 4.03. The van der Waals surface area contributed by atoms with E-state index in [9.17, 15) is 4.79 Å². The van der Waals surface area contributed by atoms with Gasteiger partial charge in [0.05, 0.1) is 16.5 Å². The Morgan fingerprint density at radius 2 is 2.00 bits per heavy atom. The Labute approximate surface area is 187 Å². The van der Waals surface area contributed by atoms with Crippen molar-refractivity contribution < 1.29 is 9.53 Å². The third kappa shape index (κ3) is 5.74. The second-order valence-corrected chi connectivity index (χ2v) is 8.70. The number of carbonyl (C=O) groups is 1. The van der Waals surface area contributed by atoms with Crippen molar-refractivity contribution in [2.24, 2.45) is 7.05 Å². The topological polar surface area (TPSA) is 69.0 Å². The van der Waals surface area contributed by atoms with Crippen molar-refractivity contribution in [3.8, 4) is 5.75 Å². The molecule has 3 aromatic rings. The lowest BCUT2D eigenvalue weighted by molar-refractivity contribution is -0.113. The van der Waals surface area contributed by atoms with Gasteiger partial charge in [-0.05, 0) is 44.2 Å². The van der Waals surface area contributed by atoms with E-state index in [2.05, 4.69) is 31.4 Å². The number of benzene rings is 2. The molecule has 1 unspecified atom stereocenters. The molecule has 0 aliphatic rings. The molecule has 1 aromatic heterocycles. The van der Waals surface area contributed by atoms with E-state index in [-0.39, 0.29) is 17.8 Å². The lowest BCUT2D eigenvalue weighted by Gasteiger charge is -2.14. The quantitative estimate of drug-likeness (QED) is 0.444. The zero-order valence-corrected chi connectivity index (χ0v) is 19.3. The summed E-state index contributed by atoms with van der Waals surface area (Å²) in [4.78, 5) is 12.3. The van der Waals surface area contributed by atoms with Crippen LogP contribution in [0.2, 0.25) is 5.02 Å². The van der Waals surface area contributed by atoms with Gasteiger partial charge in [0, 0.05) is 11.5 Å². The molecule has 1 atom stereocenters. The third-order valence-corrected chi connectivity index (χ3v) is 5.93. The summed E-state index contributed by atoms with van der Waals surface area (Å²) < 4.78 is 8.63. The standard InChI is InChI=1S/C20H20BrClN4O2S/c1-12-4-7-15(8-5-12)28-13(2)19-24-25-20(26(19)3)29-11-18(27)23-17-9-6-14(21)10-16(17)22/h4-10,13H,11H2,1-3H3,(H,23,27). The smallest absolute Gasteiger partial charge is 0.234 e. The van der Waals surface area contributed by atoms with Crippen LogP contribution in [0.15, 0.2) is 52.1 Å².